The van der Waals surface area contributed by atoms with Crippen LogP contribution in [0, 0.1) is 5.82 Å². The Morgan fingerprint density at radius 1 is 1.10 bits per heavy atom. The summed E-state index contributed by atoms with van der Waals surface area (Å²) in [6, 6.07) is 15.4. The number of nitrogens with one attached hydrogen (secondary N) is 1. The van der Waals surface area contributed by atoms with E-state index in [9.17, 15) is 12.8 Å². The number of ether oxygens (including phenoxy) is 2. The van der Waals surface area contributed by atoms with Gasteiger partial charge in [0, 0.05) is 34.9 Å². The van der Waals surface area contributed by atoms with Crippen molar-refractivity contribution in [3.05, 3.63) is 82.5 Å². The van der Waals surface area contributed by atoms with Gasteiger partial charge < -0.3 is 14.0 Å². The Morgan fingerprint density at radius 2 is 1.90 bits per heavy atom. The molecule has 0 aliphatic carbocycles. The van der Waals surface area contributed by atoms with Gasteiger partial charge >= 0.3 is 0 Å². The molecule has 6 rings (SSSR count). The van der Waals surface area contributed by atoms with Gasteiger partial charge in [-0.25, -0.2) is 27.5 Å². The van der Waals surface area contributed by atoms with Crippen LogP contribution >= 0.6 is 11.6 Å². The van der Waals surface area contributed by atoms with E-state index in [4.69, 9.17) is 31.0 Å². The van der Waals surface area contributed by atoms with Crippen LogP contribution in [0.1, 0.15) is 42.3 Å². The summed E-state index contributed by atoms with van der Waals surface area (Å²) in [5.74, 6) is 1.26. The van der Waals surface area contributed by atoms with Gasteiger partial charge in [0.2, 0.25) is 15.9 Å². The first-order chi connectivity index (χ1) is 20.3. The molecule has 0 saturated carbocycles. The minimum absolute atomic E-state index is 0.0766. The van der Waals surface area contributed by atoms with E-state index < -0.39 is 15.8 Å². The highest BCUT2D eigenvalue weighted by Crippen LogP contribution is 2.30. The maximum absolute atomic E-state index is 14.1. The van der Waals surface area contributed by atoms with Crippen molar-refractivity contribution >= 4 is 32.7 Å². The summed E-state index contributed by atoms with van der Waals surface area (Å²) >= 11 is 5.85. The molecule has 2 saturated heterocycles. The second-order valence-corrected chi connectivity index (χ2v) is 13.1. The van der Waals surface area contributed by atoms with E-state index in [2.05, 4.69) is 14.2 Å². The monoisotopic (exact) mass is 613 g/mol. The summed E-state index contributed by atoms with van der Waals surface area (Å²) in [4.78, 5) is 12.2. The lowest BCUT2D eigenvalue weighted by Crippen LogP contribution is -2.35. The van der Waals surface area contributed by atoms with Crippen LogP contribution in [0.3, 0.4) is 0 Å². The fraction of sp³-hybridized carbons (Fsp3) is 0.400. The number of likely N-dealkylation sites (tertiary alicyclic amines) is 1. The molecule has 0 spiro atoms. The maximum Gasteiger partial charge on any atom is 0.240 e. The predicted molar refractivity (Wildman–Crippen MR) is 158 cm³/mol. The van der Waals surface area contributed by atoms with E-state index in [1.807, 2.05) is 18.2 Å². The zero-order valence-corrected chi connectivity index (χ0v) is 24.9. The molecule has 0 bridgehead atoms. The van der Waals surface area contributed by atoms with Gasteiger partial charge in [0.25, 0.3) is 0 Å². The molecule has 9 nitrogen and oxygen atoms in total. The van der Waals surface area contributed by atoms with E-state index in [0.717, 1.165) is 56.0 Å². The summed E-state index contributed by atoms with van der Waals surface area (Å²) in [6.07, 6.45) is 3.00. The van der Waals surface area contributed by atoms with Crippen LogP contribution in [0.25, 0.3) is 11.0 Å². The predicted octanol–water partition coefficient (Wildman–Crippen LogP) is 4.88. The van der Waals surface area contributed by atoms with Crippen LogP contribution in [0.5, 0.6) is 5.88 Å². The van der Waals surface area contributed by atoms with Crippen molar-refractivity contribution in [1.82, 2.24) is 24.2 Å². The SMILES string of the molecule is CNS(=O)(=O)c1ccc2c(c1)nc(CN1CCC(c3cccc(OCc4ccc(Cl)cc4F)n3)CC1)n2CC1CCO1. The lowest BCUT2D eigenvalue weighted by atomic mass is 9.93. The molecule has 4 aromatic rings. The topological polar surface area (TPSA) is 98.6 Å². The third-order valence-electron chi connectivity index (χ3n) is 8.06. The summed E-state index contributed by atoms with van der Waals surface area (Å²) in [7, 11) is -2.16. The molecule has 222 valence electrons. The van der Waals surface area contributed by atoms with Crippen molar-refractivity contribution in [2.75, 3.05) is 26.7 Å². The van der Waals surface area contributed by atoms with Crippen LogP contribution < -0.4 is 9.46 Å². The molecule has 2 aliphatic heterocycles. The van der Waals surface area contributed by atoms with Gasteiger partial charge in [0.05, 0.1) is 35.1 Å². The number of hydrogen-bond acceptors (Lipinski definition) is 7. The van der Waals surface area contributed by atoms with Crippen molar-refractivity contribution in [2.24, 2.45) is 0 Å². The Morgan fingerprint density at radius 3 is 2.62 bits per heavy atom. The van der Waals surface area contributed by atoms with Crippen LogP contribution in [-0.4, -0.2) is 60.7 Å². The number of imidazole rings is 1. The minimum Gasteiger partial charge on any atom is -0.473 e. The molecular formula is C30H33ClFN5O4S. The van der Waals surface area contributed by atoms with Gasteiger partial charge in [-0.3, -0.25) is 4.90 Å². The van der Waals surface area contributed by atoms with Crippen LogP contribution in [0.2, 0.25) is 5.02 Å². The fourth-order valence-corrected chi connectivity index (χ4v) is 6.43. The van der Waals surface area contributed by atoms with Crippen LogP contribution in [-0.2, 0) is 34.5 Å². The highest BCUT2D eigenvalue weighted by Gasteiger charge is 2.26. The van der Waals surface area contributed by atoms with Crippen molar-refractivity contribution in [2.45, 2.75) is 55.9 Å². The summed E-state index contributed by atoms with van der Waals surface area (Å²) in [5.41, 5.74) is 2.96. The molecule has 12 heteroatoms. The van der Waals surface area contributed by atoms with Gasteiger partial charge in [0.1, 0.15) is 18.2 Å². The number of nitrogens with zero attached hydrogens (tertiary/aromatic N) is 4. The average Bonchev–Trinajstić information content (AvgIpc) is 3.31. The lowest BCUT2D eigenvalue weighted by molar-refractivity contribution is -0.0592. The largest absolute Gasteiger partial charge is 0.473 e. The molecule has 2 aromatic heterocycles. The second-order valence-electron chi connectivity index (χ2n) is 10.8. The molecule has 1 unspecified atom stereocenters. The van der Waals surface area contributed by atoms with Gasteiger partial charge in [-0.05, 0) is 75.8 Å². The number of aromatic nitrogens is 3. The fourth-order valence-electron chi connectivity index (χ4n) is 5.52. The standard InChI is InChI=1S/C30H33ClFN5O4S/c1-33-42(38,39)24-7-8-28-27(16-24)34-29(37(28)17-23-11-14-40-23)18-36-12-9-20(10-13-36)26-3-2-4-30(35-26)41-19-21-5-6-22(31)15-25(21)32/h2-8,15-16,20,23,33H,9-14,17-19H2,1H3. The van der Waals surface area contributed by atoms with Gasteiger partial charge in [-0.1, -0.05) is 23.7 Å². The Balaban J connectivity index is 1.12. The second kappa shape index (κ2) is 12.3. The Labute approximate surface area is 249 Å². The van der Waals surface area contributed by atoms with E-state index >= 15 is 0 Å². The molecule has 1 N–H and O–H groups in total. The molecule has 4 heterocycles. The van der Waals surface area contributed by atoms with Gasteiger partial charge in [0.15, 0.2) is 0 Å². The lowest BCUT2D eigenvalue weighted by Gasteiger charge is -2.32. The molecule has 0 amide bonds. The number of fused-ring (bicyclic) bond motifs is 1. The summed E-state index contributed by atoms with van der Waals surface area (Å²) < 4.78 is 54.9. The maximum atomic E-state index is 14.1. The minimum atomic E-state index is -3.56. The molecular weight excluding hydrogens is 581 g/mol. The number of sulfonamides is 1. The normalized spacial score (nSPS) is 18.3. The first kappa shape index (κ1) is 29.0. The first-order valence-electron chi connectivity index (χ1n) is 14.1. The smallest absolute Gasteiger partial charge is 0.240 e. The Bertz CT molecular complexity index is 1690. The van der Waals surface area contributed by atoms with Crippen LogP contribution in [0.4, 0.5) is 4.39 Å². The number of benzene rings is 2. The molecule has 2 fully saturated rings. The highest BCUT2D eigenvalue weighted by atomic mass is 35.5. The van der Waals surface area contributed by atoms with Crippen molar-refractivity contribution in [1.29, 1.82) is 0 Å². The van der Waals surface area contributed by atoms with Gasteiger partial charge in [-0.15, -0.1) is 0 Å². The number of pyridine rings is 1. The van der Waals surface area contributed by atoms with E-state index in [1.165, 1.54) is 13.1 Å². The summed E-state index contributed by atoms with van der Waals surface area (Å²) in [5, 5.41) is 0.349. The van der Waals surface area contributed by atoms with E-state index in [-0.39, 0.29) is 23.5 Å². The Kier molecular flexibility index (Phi) is 8.46. The third kappa shape index (κ3) is 6.30. The number of rotatable bonds is 10. The van der Waals surface area contributed by atoms with E-state index in [1.54, 1.807) is 30.3 Å². The highest BCUT2D eigenvalue weighted by molar-refractivity contribution is 7.89. The molecule has 2 aromatic carbocycles. The first-order valence-corrected chi connectivity index (χ1v) is 16.0. The van der Waals surface area contributed by atoms with Crippen molar-refractivity contribution in [3.8, 4) is 5.88 Å². The molecule has 0 radical (unpaired) electrons. The Hall–Kier alpha value is -3.09. The van der Waals surface area contributed by atoms with E-state index in [0.29, 0.717) is 35.1 Å². The average molecular weight is 614 g/mol. The van der Waals surface area contributed by atoms with Crippen molar-refractivity contribution < 1.29 is 22.3 Å². The molecule has 1 atom stereocenters. The quantitative estimate of drug-likeness (QED) is 0.272. The molecule has 42 heavy (non-hydrogen) atoms. The van der Waals surface area contributed by atoms with Crippen molar-refractivity contribution in [3.63, 3.8) is 0 Å². The van der Waals surface area contributed by atoms with Crippen LogP contribution in [0.15, 0.2) is 59.5 Å². The molecule has 2 aliphatic rings. The number of halogens is 2. The zero-order valence-electron chi connectivity index (χ0n) is 23.3. The summed E-state index contributed by atoms with van der Waals surface area (Å²) in [6.45, 7) is 3.94. The number of piperidine rings is 1. The third-order valence-corrected chi connectivity index (χ3v) is 9.71. The zero-order chi connectivity index (χ0) is 29.3. The number of hydrogen-bond donors (Lipinski definition) is 1. The van der Waals surface area contributed by atoms with Gasteiger partial charge in [-0.2, -0.15) is 0 Å².